The molecule has 3 nitrogen and oxygen atoms in total. The van der Waals surface area contributed by atoms with E-state index in [4.69, 9.17) is 0 Å². The third kappa shape index (κ3) is 4.54. The molecule has 3 rings (SSSR count). The second-order valence-electron chi connectivity index (χ2n) is 7.15. The molecule has 0 bridgehead atoms. The summed E-state index contributed by atoms with van der Waals surface area (Å²) in [5, 5.41) is 7.13. The summed E-state index contributed by atoms with van der Waals surface area (Å²) >= 11 is 1.55. The zero-order valence-electron chi connectivity index (χ0n) is 15.1. The van der Waals surface area contributed by atoms with Gasteiger partial charge < -0.3 is 0 Å². The van der Waals surface area contributed by atoms with Gasteiger partial charge in [-0.3, -0.25) is 5.43 Å². The fourth-order valence-corrected chi connectivity index (χ4v) is 3.08. The first-order valence-corrected chi connectivity index (χ1v) is 9.22. The van der Waals surface area contributed by atoms with E-state index in [-0.39, 0.29) is 5.41 Å². The Morgan fingerprint density at radius 3 is 2.32 bits per heavy atom. The Bertz CT molecular complexity index is 853. The van der Waals surface area contributed by atoms with Crippen molar-refractivity contribution in [2.24, 2.45) is 5.10 Å². The molecule has 2 aromatic carbocycles. The SMILES string of the molecule is Cc1ccc(-c2csc(N/N=C\c3ccc(C(C)(C)C)cc3)n2)cc1. The van der Waals surface area contributed by atoms with E-state index in [0.29, 0.717) is 0 Å². The van der Waals surface area contributed by atoms with Gasteiger partial charge in [-0.25, -0.2) is 4.98 Å². The maximum Gasteiger partial charge on any atom is 0.203 e. The van der Waals surface area contributed by atoms with Gasteiger partial charge >= 0.3 is 0 Å². The smallest absolute Gasteiger partial charge is 0.203 e. The maximum absolute atomic E-state index is 4.58. The maximum atomic E-state index is 4.58. The molecular weight excluding hydrogens is 326 g/mol. The molecule has 0 amide bonds. The molecule has 4 heteroatoms. The Hall–Kier alpha value is -2.46. The van der Waals surface area contributed by atoms with Crippen LogP contribution in [0, 0.1) is 6.92 Å². The minimum Gasteiger partial charge on any atom is -0.253 e. The molecule has 0 atom stereocenters. The summed E-state index contributed by atoms with van der Waals surface area (Å²) in [7, 11) is 0. The molecule has 1 heterocycles. The number of hydrazone groups is 1. The summed E-state index contributed by atoms with van der Waals surface area (Å²) in [4.78, 5) is 4.58. The summed E-state index contributed by atoms with van der Waals surface area (Å²) in [6.45, 7) is 8.73. The van der Waals surface area contributed by atoms with Gasteiger partial charge in [0.2, 0.25) is 5.13 Å². The van der Waals surface area contributed by atoms with Crippen LogP contribution in [0.5, 0.6) is 0 Å². The topological polar surface area (TPSA) is 37.3 Å². The molecule has 0 spiro atoms. The van der Waals surface area contributed by atoms with E-state index in [0.717, 1.165) is 22.0 Å². The highest BCUT2D eigenvalue weighted by Crippen LogP contribution is 2.25. The van der Waals surface area contributed by atoms with Crippen molar-refractivity contribution in [3.05, 3.63) is 70.6 Å². The van der Waals surface area contributed by atoms with Crippen LogP contribution >= 0.6 is 11.3 Å². The second-order valence-corrected chi connectivity index (χ2v) is 8.00. The zero-order valence-corrected chi connectivity index (χ0v) is 15.9. The lowest BCUT2D eigenvalue weighted by molar-refractivity contribution is 0.590. The Kier molecular flexibility index (Phi) is 5.00. The fraction of sp³-hybridized carbons (Fsp3) is 0.238. The Morgan fingerprint density at radius 2 is 1.68 bits per heavy atom. The third-order valence-electron chi connectivity index (χ3n) is 4.00. The highest BCUT2D eigenvalue weighted by molar-refractivity contribution is 7.14. The van der Waals surface area contributed by atoms with Gasteiger partial charge in [-0.15, -0.1) is 11.3 Å². The van der Waals surface area contributed by atoms with Crippen LogP contribution in [-0.4, -0.2) is 11.2 Å². The molecule has 0 aliphatic heterocycles. The van der Waals surface area contributed by atoms with Crippen LogP contribution < -0.4 is 5.43 Å². The predicted octanol–water partition coefficient (Wildman–Crippen LogP) is 5.86. The number of nitrogens with zero attached hydrogens (tertiary/aromatic N) is 2. The van der Waals surface area contributed by atoms with E-state index >= 15 is 0 Å². The molecule has 3 aromatic rings. The molecule has 1 N–H and O–H groups in total. The standard InChI is InChI=1S/C21H23N3S/c1-15-5-9-17(10-6-15)19-14-25-20(23-19)24-22-13-16-7-11-18(12-8-16)21(2,3)4/h5-14H,1-4H3,(H,23,24)/b22-13-. The number of aryl methyl sites for hydroxylation is 1. The lowest BCUT2D eigenvalue weighted by Gasteiger charge is -2.18. The quantitative estimate of drug-likeness (QED) is 0.473. The number of hydrogen-bond donors (Lipinski definition) is 1. The number of thiazole rings is 1. The van der Waals surface area contributed by atoms with Crippen molar-refractivity contribution in [1.82, 2.24) is 4.98 Å². The summed E-state index contributed by atoms with van der Waals surface area (Å²) < 4.78 is 0. The highest BCUT2D eigenvalue weighted by Gasteiger charge is 2.12. The van der Waals surface area contributed by atoms with Gasteiger partial charge in [-0.1, -0.05) is 74.9 Å². The molecule has 0 saturated heterocycles. The van der Waals surface area contributed by atoms with Crippen LogP contribution in [0.1, 0.15) is 37.5 Å². The van der Waals surface area contributed by atoms with Crippen molar-refractivity contribution < 1.29 is 0 Å². The second kappa shape index (κ2) is 7.19. The number of hydrogen-bond acceptors (Lipinski definition) is 4. The summed E-state index contributed by atoms with van der Waals surface area (Å²) in [6, 6.07) is 16.9. The van der Waals surface area contributed by atoms with Gasteiger partial charge in [0.05, 0.1) is 11.9 Å². The number of aromatic nitrogens is 1. The number of benzene rings is 2. The number of nitrogens with one attached hydrogen (secondary N) is 1. The zero-order chi connectivity index (χ0) is 17.9. The summed E-state index contributed by atoms with van der Waals surface area (Å²) in [5.74, 6) is 0. The first kappa shape index (κ1) is 17.4. The van der Waals surface area contributed by atoms with E-state index in [9.17, 15) is 0 Å². The van der Waals surface area contributed by atoms with Gasteiger partial charge in [0, 0.05) is 10.9 Å². The van der Waals surface area contributed by atoms with Crippen LogP contribution in [-0.2, 0) is 5.41 Å². The van der Waals surface area contributed by atoms with Gasteiger partial charge in [-0.05, 0) is 23.5 Å². The van der Waals surface area contributed by atoms with Gasteiger partial charge in [0.1, 0.15) is 0 Å². The lowest BCUT2D eigenvalue weighted by atomic mass is 9.87. The minimum atomic E-state index is 0.168. The average Bonchev–Trinajstić information content (AvgIpc) is 3.04. The summed E-state index contributed by atoms with van der Waals surface area (Å²) in [5.41, 5.74) is 8.91. The van der Waals surface area contributed by atoms with Crippen LogP contribution in [0.3, 0.4) is 0 Å². The first-order valence-electron chi connectivity index (χ1n) is 8.34. The molecule has 0 unspecified atom stereocenters. The Labute approximate surface area is 153 Å². The van der Waals surface area contributed by atoms with Crippen molar-refractivity contribution in [1.29, 1.82) is 0 Å². The van der Waals surface area contributed by atoms with Crippen LogP contribution in [0.4, 0.5) is 5.13 Å². The highest BCUT2D eigenvalue weighted by atomic mass is 32.1. The third-order valence-corrected chi connectivity index (χ3v) is 4.75. The fourth-order valence-electron chi connectivity index (χ4n) is 2.41. The lowest BCUT2D eigenvalue weighted by Crippen LogP contribution is -2.10. The largest absolute Gasteiger partial charge is 0.253 e. The molecule has 0 radical (unpaired) electrons. The van der Waals surface area contributed by atoms with Gasteiger partial charge in [0.25, 0.3) is 0 Å². The van der Waals surface area contributed by atoms with E-state index in [1.54, 1.807) is 11.3 Å². The predicted molar refractivity (Wildman–Crippen MR) is 109 cm³/mol. The monoisotopic (exact) mass is 349 g/mol. The minimum absolute atomic E-state index is 0.168. The molecule has 1 aromatic heterocycles. The Morgan fingerprint density at radius 1 is 1.00 bits per heavy atom. The molecule has 0 saturated carbocycles. The average molecular weight is 350 g/mol. The molecule has 0 aliphatic carbocycles. The molecule has 25 heavy (non-hydrogen) atoms. The van der Waals surface area contributed by atoms with Crippen molar-refractivity contribution >= 4 is 22.7 Å². The van der Waals surface area contributed by atoms with Crippen molar-refractivity contribution in [3.8, 4) is 11.3 Å². The number of anilines is 1. The van der Waals surface area contributed by atoms with E-state index in [1.807, 2.05) is 11.6 Å². The van der Waals surface area contributed by atoms with Crippen molar-refractivity contribution in [2.45, 2.75) is 33.1 Å². The molecular formula is C21H23N3S. The van der Waals surface area contributed by atoms with E-state index in [2.05, 4.69) is 91.7 Å². The van der Waals surface area contributed by atoms with Crippen molar-refractivity contribution in [3.63, 3.8) is 0 Å². The van der Waals surface area contributed by atoms with E-state index < -0.39 is 0 Å². The Balaban J connectivity index is 1.64. The van der Waals surface area contributed by atoms with Gasteiger partial charge in [0.15, 0.2) is 0 Å². The van der Waals surface area contributed by atoms with Crippen LogP contribution in [0.25, 0.3) is 11.3 Å². The van der Waals surface area contributed by atoms with E-state index in [1.165, 1.54) is 11.1 Å². The van der Waals surface area contributed by atoms with Crippen molar-refractivity contribution in [2.75, 3.05) is 5.43 Å². The first-order chi connectivity index (χ1) is 11.9. The molecule has 128 valence electrons. The molecule has 0 fully saturated rings. The normalized spacial score (nSPS) is 11.8. The summed E-state index contributed by atoms with van der Waals surface area (Å²) in [6.07, 6.45) is 1.82. The number of rotatable bonds is 4. The molecule has 0 aliphatic rings. The van der Waals surface area contributed by atoms with Gasteiger partial charge in [-0.2, -0.15) is 5.10 Å². The van der Waals surface area contributed by atoms with Crippen LogP contribution in [0.2, 0.25) is 0 Å². The van der Waals surface area contributed by atoms with Crippen LogP contribution in [0.15, 0.2) is 59.0 Å².